The molecule has 1 saturated heterocycles. The fourth-order valence-electron chi connectivity index (χ4n) is 10.4. The molecule has 0 aromatic rings. The van der Waals surface area contributed by atoms with Crippen molar-refractivity contribution in [2.75, 3.05) is 66.6 Å². The van der Waals surface area contributed by atoms with Gasteiger partial charge in [-0.2, -0.15) is 0 Å². The standard InChI is InChI=1S/C32H56N6O5/c1-21-7-8-22-15-26-27(28(40)41)30(42,20-43-25-6-4-5-24(16-25)35-3)18-31(21,26)32(22)19-38(29(33)37-11-10-34-2)13-9-23(32)17-36-12-14-39/h21-25,34-36,39,42H,4-20H2,1-3H3,(H2,33,37)(H,40,41). The van der Waals surface area contributed by atoms with Gasteiger partial charge in [-0.15, -0.1) is 0 Å². The highest BCUT2D eigenvalue weighted by Gasteiger charge is 2.75. The van der Waals surface area contributed by atoms with Crippen LogP contribution in [0.3, 0.4) is 0 Å². The minimum Gasteiger partial charge on any atom is -0.545 e. The number of carbonyl (C=O) groups is 1. The molecule has 244 valence electrons. The number of likely N-dealkylation sites (N-methyl/N-ethyl adjacent to an activating group) is 1. The van der Waals surface area contributed by atoms with Gasteiger partial charge < -0.3 is 46.5 Å². The number of carboxylic acid groups (broad SMARTS) is 1. The first-order valence-corrected chi connectivity index (χ1v) is 16.7. The van der Waals surface area contributed by atoms with Crippen LogP contribution in [0.1, 0.15) is 64.7 Å². The van der Waals surface area contributed by atoms with Crippen molar-refractivity contribution in [2.24, 2.45) is 39.3 Å². The average molecular weight is 605 g/mol. The normalized spacial score (nSPS) is 41.2. The number of nitrogens with one attached hydrogen (secondary N) is 4. The van der Waals surface area contributed by atoms with E-state index in [1.54, 1.807) is 0 Å². The number of rotatable bonds is 12. The summed E-state index contributed by atoms with van der Waals surface area (Å²) < 4.78 is 6.41. The molecule has 8 N–H and O–H groups in total. The summed E-state index contributed by atoms with van der Waals surface area (Å²) in [6.07, 6.45) is 7.87. The average Bonchev–Trinajstić information content (AvgIpc) is 3.34. The summed E-state index contributed by atoms with van der Waals surface area (Å²) in [6.45, 7) is 6.55. The zero-order chi connectivity index (χ0) is 30.8. The van der Waals surface area contributed by atoms with Crippen molar-refractivity contribution in [2.45, 2.75) is 82.5 Å². The van der Waals surface area contributed by atoms with Gasteiger partial charge in [0, 0.05) is 42.0 Å². The van der Waals surface area contributed by atoms with E-state index in [1.165, 1.54) is 0 Å². The minimum atomic E-state index is -1.60. The molecule has 5 rings (SSSR count). The van der Waals surface area contributed by atoms with Crippen molar-refractivity contribution in [3.8, 4) is 0 Å². The van der Waals surface area contributed by atoms with E-state index < -0.39 is 17.0 Å². The Morgan fingerprint density at radius 1 is 1.21 bits per heavy atom. The number of aliphatic carboxylic acids is 1. The summed E-state index contributed by atoms with van der Waals surface area (Å²) in [5, 5.41) is 44.9. The van der Waals surface area contributed by atoms with Gasteiger partial charge in [0.05, 0.1) is 44.9 Å². The Hall–Kier alpha value is -1.60. The lowest BCUT2D eigenvalue weighted by Crippen LogP contribution is -3.19. The van der Waals surface area contributed by atoms with Gasteiger partial charge >= 0.3 is 0 Å². The predicted molar refractivity (Wildman–Crippen MR) is 163 cm³/mol. The first kappa shape index (κ1) is 32.8. The number of quaternary nitrogens is 1. The molecule has 11 heteroatoms. The van der Waals surface area contributed by atoms with E-state index in [1.807, 2.05) is 14.1 Å². The number of carboxylic acids is 1. The lowest BCUT2D eigenvalue weighted by Gasteiger charge is -2.60. The molecule has 1 aliphatic heterocycles. The highest BCUT2D eigenvalue weighted by atomic mass is 16.5. The first-order valence-electron chi connectivity index (χ1n) is 16.7. The smallest absolute Gasteiger partial charge is 0.293 e. The van der Waals surface area contributed by atoms with Crippen LogP contribution in [0.5, 0.6) is 0 Å². The van der Waals surface area contributed by atoms with Crippen molar-refractivity contribution < 1.29 is 29.8 Å². The number of guanidine groups is 1. The van der Waals surface area contributed by atoms with Gasteiger partial charge in [-0.1, -0.05) is 12.5 Å². The molecule has 9 atom stereocenters. The Morgan fingerprint density at radius 2 is 2.02 bits per heavy atom. The maximum absolute atomic E-state index is 13.0. The molecule has 9 unspecified atom stereocenters. The highest BCUT2D eigenvalue weighted by molar-refractivity contribution is 5.90. The summed E-state index contributed by atoms with van der Waals surface area (Å²) in [4.78, 5) is 18.9. The molecule has 0 radical (unpaired) electrons. The van der Waals surface area contributed by atoms with Crippen LogP contribution in [-0.2, 0) is 9.53 Å². The number of hydrogen-bond acceptors (Lipinski definition) is 9. The lowest BCUT2D eigenvalue weighted by atomic mass is 9.45. The van der Waals surface area contributed by atoms with E-state index in [0.717, 1.165) is 81.6 Å². The number of nitrogens with zero attached hydrogens (tertiary/aromatic N) is 1. The van der Waals surface area contributed by atoms with Gasteiger partial charge in [0.2, 0.25) is 0 Å². The quantitative estimate of drug-likeness (QED) is 0.0769. The van der Waals surface area contributed by atoms with Crippen LogP contribution in [0.15, 0.2) is 16.1 Å². The number of likely N-dealkylation sites (tertiary alicyclic amines) is 1. The Morgan fingerprint density at radius 3 is 2.74 bits per heavy atom. The number of aliphatic hydroxyl groups is 2. The molecule has 0 amide bonds. The van der Waals surface area contributed by atoms with E-state index in [4.69, 9.17) is 15.5 Å². The number of hydrogen-bond donors (Lipinski definition) is 7. The topological polar surface area (TPSA) is 169 Å². The first-order chi connectivity index (χ1) is 20.7. The van der Waals surface area contributed by atoms with Gasteiger partial charge in [0.15, 0.2) is 0 Å². The number of piperidine rings is 1. The zero-order valence-electron chi connectivity index (χ0n) is 26.6. The van der Waals surface area contributed by atoms with E-state index in [9.17, 15) is 20.1 Å². The second kappa shape index (κ2) is 13.4. The van der Waals surface area contributed by atoms with Gasteiger partial charge in [0.25, 0.3) is 5.96 Å². The summed E-state index contributed by atoms with van der Waals surface area (Å²) in [6, 6.07) is 0.375. The molecule has 4 aliphatic carbocycles. The van der Waals surface area contributed by atoms with E-state index in [0.29, 0.717) is 37.9 Å². The molecule has 2 spiro atoms. The summed E-state index contributed by atoms with van der Waals surface area (Å²) in [5.41, 5.74) is 5.29. The molecule has 5 aliphatic rings. The lowest BCUT2D eigenvalue weighted by molar-refractivity contribution is -0.828. The molecule has 2 bridgehead atoms. The molecule has 11 nitrogen and oxygen atoms in total. The third kappa shape index (κ3) is 5.68. The molecule has 0 aromatic carbocycles. The van der Waals surface area contributed by atoms with E-state index >= 15 is 0 Å². The number of aliphatic hydroxyl groups excluding tert-OH is 1. The predicted octanol–water partition coefficient (Wildman–Crippen LogP) is -1.84. The monoisotopic (exact) mass is 604 g/mol. The van der Waals surface area contributed by atoms with Crippen molar-refractivity contribution >= 4 is 11.9 Å². The molecule has 43 heavy (non-hydrogen) atoms. The van der Waals surface area contributed by atoms with Gasteiger partial charge in [-0.25, -0.2) is 4.99 Å². The molecule has 0 aromatic heterocycles. The van der Waals surface area contributed by atoms with Crippen molar-refractivity contribution in [1.82, 2.24) is 16.0 Å². The molecule has 3 saturated carbocycles. The number of allylic oxidation sites excluding steroid dienone is 1. The maximum atomic E-state index is 13.0. The largest absolute Gasteiger partial charge is 0.545 e. The van der Waals surface area contributed by atoms with Crippen LogP contribution < -0.4 is 31.7 Å². The maximum Gasteiger partial charge on any atom is 0.293 e. The van der Waals surface area contributed by atoms with E-state index in [-0.39, 0.29) is 48.1 Å². The van der Waals surface area contributed by atoms with Crippen molar-refractivity contribution in [3.05, 3.63) is 11.1 Å². The second-order valence-corrected chi connectivity index (χ2v) is 14.1. The summed E-state index contributed by atoms with van der Waals surface area (Å²) in [5.74, 6) is 0.0839. The number of carbonyl (C=O) groups excluding carboxylic acids is 1. The van der Waals surface area contributed by atoms with Crippen LogP contribution in [0.2, 0.25) is 0 Å². The zero-order valence-corrected chi connectivity index (χ0v) is 26.6. The van der Waals surface area contributed by atoms with Crippen LogP contribution in [-0.4, -0.2) is 106 Å². The third-order valence-electron chi connectivity index (χ3n) is 12.2. The molecular formula is C32H56N6O5. The molecule has 1 heterocycles. The number of nitrogens with two attached hydrogens (primary N) is 1. The SMILES string of the molecule is CNCCN=C(N)[NH+]1CCC(CNCCO)C2(C1)C1CCC(C)C23CC(O)(COC2CCCC(NC)C2)C(C(=O)[O-])=C3C1. The fraction of sp³-hybridized carbons (Fsp3) is 0.875. The second-order valence-electron chi connectivity index (χ2n) is 14.1. The summed E-state index contributed by atoms with van der Waals surface area (Å²) >= 11 is 0. The van der Waals surface area contributed by atoms with E-state index in [2.05, 4.69) is 22.9 Å². The Balaban J connectivity index is 1.53. The van der Waals surface area contributed by atoms with Crippen molar-refractivity contribution in [1.29, 1.82) is 0 Å². The Kier molecular flexibility index (Phi) is 10.2. The fourth-order valence-corrected chi connectivity index (χ4v) is 10.4. The number of aliphatic imine (C=N–C) groups is 1. The van der Waals surface area contributed by atoms with Crippen LogP contribution in [0, 0.1) is 28.6 Å². The molecule has 4 fully saturated rings. The highest BCUT2D eigenvalue weighted by Crippen LogP contribution is 2.76. The Labute approximate surface area is 257 Å². The number of ether oxygens (including phenoxy) is 1. The molecular weight excluding hydrogens is 548 g/mol. The van der Waals surface area contributed by atoms with Gasteiger partial charge in [0.1, 0.15) is 5.60 Å². The van der Waals surface area contributed by atoms with Crippen LogP contribution in [0.4, 0.5) is 0 Å². The van der Waals surface area contributed by atoms with Crippen LogP contribution in [0.25, 0.3) is 0 Å². The van der Waals surface area contributed by atoms with Gasteiger partial charge in [-0.3, -0.25) is 4.90 Å². The Bertz CT molecular complexity index is 1070. The summed E-state index contributed by atoms with van der Waals surface area (Å²) in [7, 11) is 3.87. The minimum absolute atomic E-state index is 0.00896. The van der Waals surface area contributed by atoms with Crippen LogP contribution >= 0.6 is 0 Å². The third-order valence-corrected chi connectivity index (χ3v) is 12.2. The van der Waals surface area contributed by atoms with Crippen molar-refractivity contribution in [3.63, 3.8) is 0 Å². The van der Waals surface area contributed by atoms with Gasteiger partial charge in [-0.05, 0) is 89.8 Å².